The number of benzene rings is 2. The molecule has 0 spiro atoms. The van der Waals surface area contributed by atoms with E-state index in [0.29, 0.717) is 0 Å². The monoisotopic (exact) mass is 332 g/mol. The molecule has 0 unspecified atom stereocenters. The van der Waals surface area contributed by atoms with Crippen molar-refractivity contribution in [3.8, 4) is 5.69 Å². The van der Waals surface area contributed by atoms with E-state index >= 15 is 0 Å². The van der Waals surface area contributed by atoms with Crippen LogP contribution in [0.25, 0.3) is 16.6 Å². The van der Waals surface area contributed by atoms with E-state index in [2.05, 4.69) is 59.0 Å². The number of fused-ring (bicyclic) bond motifs is 3. The second-order valence-electron chi connectivity index (χ2n) is 5.75. The highest BCUT2D eigenvalue weighted by Crippen LogP contribution is 2.34. The molecule has 0 aliphatic carbocycles. The zero-order valence-corrected chi connectivity index (χ0v) is 14.0. The highest BCUT2D eigenvalue weighted by molar-refractivity contribution is 6.31. The third kappa shape index (κ3) is 2.41. The van der Waals surface area contributed by atoms with Crippen LogP contribution in [0.15, 0.2) is 48.5 Å². The lowest BCUT2D eigenvalue weighted by Gasteiger charge is -2.24. The summed E-state index contributed by atoms with van der Waals surface area (Å²) in [5, 5.41) is 2.09. The molecule has 0 atom stereocenters. The molecular weight excluding hydrogens is 315 g/mol. The van der Waals surface area contributed by atoms with Crippen LogP contribution in [0.5, 0.6) is 0 Å². The molecule has 0 amide bonds. The first-order valence-corrected chi connectivity index (χ1v) is 7.67. The lowest BCUT2D eigenvalue weighted by atomic mass is 10.1. The van der Waals surface area contributed by atoms with Gasteiger partial charge in [0.25, 0.3) is 0 Å². The molecular formula is C18H18Cl2N2. The smallest absolute Gasteiger partial charge is 0.0535 e. The molecule has 2 nitrogen and oxygen atoms in total. The lowest BCUT2D eigenvalue weighted by molar-refractivity contribution is 0.311. The molecule has 0 N–H and O–H groups in total. The number of nitrogens with zero attached hydrogens (tertiary/aromatic N) is 2. The van der Waals surface area contributed by atoms with Gasteiger partial charge >= 0.3 is 0 Å². The largest absolute Gasteiger partial charge is 0.313 e. The topological polar surface area (TPSA) is 8.17 Å². The third-order valence-electron chi connectivity index (χ3n) is 4.32. The van der Waals surface area contributed by atoms with Crippen molar-refractivity contribution in [2.45, 2.75) is 13.0 Å². The van der Waals surface area contributed by atoms with Crippen molar-refractivity contribution < 1.29 is 0 Å². The summed E-state index contributed by atoms with van der Waals surface area (Å²) in [4.78, 5) is 2.37. The van der Waals surface area contributed by atoms with Gasteiger partial charge in [-0.2, -0.15) is 0 Å². The fraction of sp³-hybridized carbons (Fsp3) is 0.222. The summed E-state index contributed by atoms with van der Waals surface area (Å²) in [6, 6.07) is 16.8. The highest BCUT2D eigenvalue weighted by Gasteiger charge is 2.23. The van der Waals surface area contributed by atoms with Gasteiger partial charge in [0.2, 0.25) is 0 Å². The van der Waals surface area contributed by atoms with Gasteiger partial charge in [-0.25, -0.2) is 0 Å². The Balaban J connectivity index is 0.00000144. The Bertz CT molecular complexity index is 809. The molecule has 4 heteroatoms. The highest BCUT2D eigenvalue weighted by atomic mass is 35.5. The van der Waals surface area contributed by atoms with Crippen LogP contribution in [0.2, 0.25) is 5.02 Å². The number of likely N-dealkylation sites (N-methyl/N-ethyl adjacent to an activating group) is 1. The SMILES string of the molecule is CN1CCc2c(c3cc(Cl)ccc3n2-c2ccccc2)C1.Cl. The van der Waals surface area contributed by atoms with Crippen LogP contribution in [-0.4, -0.2) is 23.1 Å². The normalized spacial score (nSPS) is 14.6. The first-order valence-electron chi connectivity index (χ1n) is 7.30. The van der Waals surface area contributed by atoms with Gasteiger partial charge in [-0.1, -0.05) is 29.8 Å². The Morgan fingerprint density at radius 1 is 1.05 bits per heavy atom. The standard InChI is InChI=1S/C18H17ClN2.ClH/c1-20-10-9-18-16(12-20)15-11-13(19)7-8-17(15)21(18)14-5-3-2-4-6-14;/h2-8,11H,9-10,12H2,1H3;1H. The summed E-state index contributed by atoms with van der Waals surface area (Å²) < 4.78 is 2.40. The second kappa shape index (κ2) is 5.96. The molecule has 4 rings (SSSR count). The summed E-state index contributed by atoms with van der Waals surface area (Å²) in [6.45, 7) is 2.09. The predicted molar refractivity (Wildman–Crippen MR) is 95.6 cm³/mol. The number of rotatable bonds is 1. The van der Waals surface area contributed by atoms with Crippen LogP contribution < -0.4 is 0 Å². The number of hydrogen-bond donors (Lipinski definition) is 0. The van der Waals surface area contributed by atoms with Crippen LogP contribution in [0, 0.1) is 0 Å². The van der Waals surface area contributed by atoms with Gasteiger partial charge in [0.1, 0.15) is 0 Å². The van der Waals surface area contributed by atoms with Gasteiger partial charge in [-0.15, -0.1) is 12.4 Å². The van der Waals surface area contributed by atoms with E-state index in [9.17, 15) is 0 Å². The van der Waals surface area contributed by atoms with Crippen molar-refractivity contribution in [2.24, 2.45) is 0 Å². The van der Waals surface area contributed by atoms with E-state index in [4.69, 9.17) is 11.6 Å². The molecule has 2 heterocycles. The lowest BCUT2D eigenvalue weighted by Crippen LogP contribution is -2.27. The number of halogens is 2. The number of para-hydroxylation sites is 1. The van der Waals surface area contributed by atoms with Crippen molar-refractivity contribution >= 4 is 34.9 Å². The van der Waals surface area contributed by atoms with Crippen LogP contribution >= 0.6 is 24.0 Å². The molecule has 0 radical (unpaired) electrons. The summed E-state index contributed by atoms with van der Waals surface area (Å²) in [5.74, 6) is 0. The molecule has 114 valence electrons. The molecule has 1 aliphatic rings. The summed E-state index contributed by atoms with van der Waals surface area (Å²) in [5.41, 5.74) is 5.34. The molecule has 3 aromatic rings. The molecule has 0 saturated carbocycles. The Hall–Kier alpha value is -1.48. The van der Waals surface area contributed by atoms with Crippen molar-refractivity contribution in [3.63, 3.8) is 0 Å². The van der Waals surface area contributed by atoms with Crippen LogP contribution in [0.3, 0.4) is 0 Å². The van der Waals surface area contributed by atoms with Crippen LogP contribution in [0.4, 0.5) is 0 Å². The minimum atomic E-state index is 0. The van der Waals surface area contributed by atoms with Gasteiger partial charge in [-0.3, -0.25) is 0 Å². The zero-order valence-electron chi connectivity index (χ0n) is 12.4. The van der Waals surface area contributed by atoms with Crippen molar-refractivity contribution in [1.82, 2.24) is 9.47 Å². The average molecular weight is 333 g/mol. The van der Waals surface area contributed by atoms with Crippen molar-refractivity contribution in [2.75, 3.05) is 13.6 Å². The summed E-state index contributed by atoms with van der Waals surface area (Å²) in [7, 11) is 2.18. The first kappa shape index (κ1) is 15.4. The van der Waals surface area contributed by atoms with E-state index in [0.717, 1.165) is 24.5 Å². The predicted octanol–water partition coefficient (Wildman–Crippen LogP) is 4.69. The summed E-state index contributed by atoms with van der Waals surface area (Å²) >= 11 is 6.23. The number of aromatic nitrogens is 1. The second-order valence-corrected chi connectivity index (χ2v) is 6.18. The maximum absolute atomic E-state index is 6.23. The molecule has 1 aromatic heterocycles. The Morgan fingerprint density at radius 2 is 1.82 bits per heavy atom. The molecule has 22 heavy (non-hydrogen) atoms. The molecule has 2 aromatic carbocycles. The average Bonchev–Trinajstić information content (AvgIpc) is 2.81. The van der Waals surface area contributed by atoms with E-state index in [1.807, 2.05) is 6.07 Å². The maximum atomic E-state index is 6.23. The zero-order chi connectivity index (χ0) is 14.4. The minimum absolute atomic E-state index is 0. The van der Waals surface area contributed by atoms with Crippen LogP contribution in [-0.2, 0) is 13.0 Å². The van der Waals surface area contributed by atoms with Gasteiger partial charge in [0.05, 0.1) is 5.52 Å². The van der Waals surface area contributed by atoms with E-state index in [1.54, 1.807) is 0 Å². The van der Waals surface area contributed by atoms with E-state index in [1.165, 1.54) is 27.8 Å². The fourth-order valence-corrected chi connectivity index (χ4v) is 3.51. The maximum Gasteiger partial charge on any atom is 0.0535 e. The van der Waals surface area contributed by atoms with Gasteiger partial charge in [-0.05, 0) is 42.9 Å². The Labute approximate surface area is 141 Å². The van der Waals surface area contributed by atoms with Crippen molar-refractivity contribution in [3.05, 3.63) is 64.8 Å². The van der Waals surface area contributed by atoms with Gasteiger partial charge < -0.3 is 9.47 Å². The van der Waals surface area contributed by atoms with E-state index < -0.39 is 0 Å². The van der Waals surface area contributed by atoms with Gasteiger partial charge in [0, 0.05) is 41.3 Å². The molecule has 0 fully saturated rings. The van der Waals surface area contributed by atoms with Crippen LogP contribution in [0.1, 0.15) is 11.3 Å². The van der Waals surface area contributed by atoms with Crippen molar-refractivity contribution in [1.29, 1.82) is 0 Å². The van der Waals surface area contributed by atoms with Gasteiger partial charge in [0.15, 0.2) is 0 Å². The van der Waals surface area contributed by atoms with E-state index in [-0.39, 0.29) is 12.4 Å². The quantitative estimate of drug-likeness (QED) is 0.627. The first-order chi connectivity index (χ1) is 10.2. The fourth-order valence-electron chi connectivity index (χ4n) is 3.34. The molecule has 1 aliphatic heterocycles. The Morgan fingerprint density at radius 3 is 2.59 bits per heavy atom. The third-order valence-corrected chi connectivity index (χ3v) is 4.55. The Kier molecular flexibility index (Phi) is 4.18. The molecule has 0 bridgehead atoms. The number of hydrogen-bond acceptors (Lipinski definition) is 1. The minimum Gasteiger partial charge on any atom is -0.313 e. The summed E-state index contributed by atoms with van der Waals surface area (Å²) in [6.07, 6.45) is 1.08. The molecule has 0 saturated heterocycles.